The minimum atomic E-state index is -0.924. The second-order valence-corrected chi connectivity index (χ2v) is 10.3. The van der Waals surface area contributed by atoms with Crippen LogP contribution in [0.15, 0.2) is 10.9 Å². The summed E-state index contributed by atoms with van der Waals surface area (Å²) in [5.41, 5.74) is 3.62. The van der Waals surface area contributed by atoms with Crippen molar-refractivity contribution in [2.24, 2.45) is 0 Å². The molecule has 70 valence electrons. The Morgan fingerprint density at radius 2 is 2.00 bits per heavy atom. The lowest BCUT2D eigenvalue weighted by molar-refractivity contribution is -0.682. The molecule has 12 heavy (non-hydrogen) atoms. The number of aryl methyl sites for hydroxylation is 1. The molecule has 0 aromatic carbocycles. The Bertz CT molecular complexity index is 241. The highest BCUT2D eigenvalue weighted by atomic mass is 127. The second kappa shape index (κ2) is 4.71. The molecule has 4 heteroatoms. The number of halogens is 1. The van der Waals surface area contributed by atoms with Crippen LogP contribution in [0.25, 0.3) is 0 Å². The summed E-state index contributed by atoms with van der Waals surface area (Å²) in [5, 5.41) is 2.21. The molecule has 0 radical (unpaired) electrons. The summed E-state index contributed by atoms with van der Waals surface area (Å²) in [5.74, 6) is 0. The number of aromatic nitrogens is 1. The summed E-state index contributed by atoms with van der Waals surface area (Å²) in [6, 6.07) is 0. The van der Waals surface area contributed by atoms with Crippen molar-refractivity contribution in [3.05, 3.63) is 16.6 Å². The van der Waals surface area contributed by atoms with Gasteiger partial charge in [0, 0.05) is 6.92 Å². The fraction of sp³-hybridized carbons (Fsp3) is 0.625. The summed E-state index contributed by atoms with van der Waals surface area (Å²) in [7, 11) is -0.924. The molecule has 0 fully saturated rings. The largest absolute Gasteiger partial charge is 1.00 e. The molecule has 0 atom stereocenters. The smallest absolute Gasteiger partial charge is 0.224 e. The van der Waals surface area contributed by atoms with Crippen molar-refractivity contribution in [2.45, 2.75) is 32.7 Å². The quantitative estimate of drug-likeness (QED) is 0.383. The van der Waals surface area contributed by atoms with E-state index in [1.807, 2.05) is 0 Å². The third kappa shape index (κ3) is 4.00. The first-order valence-corrected chi connectivity index (χ1v) is 8.56. The third-order valence-electron chi connectivity index (χ3n) is 1.52. The number of hydrogen-bond acceptors (Lipinski definition) is 1. The van der Waals surface area contributed by atoms with Crippen molar-refractivity contribution in [3.8, 4) is 0 Å². The molecule has 1 heterocycles. The van der Waals surface area contributed by atoms with Crippen LogP contribution in [0.3, 0.4) is 0 Å². The minimum absolute atomic E-state index is 0. The molecule has 0 aliphatic heterocycles. The van der Waals surface area contributed by atoms with Gasteiger partial charge in [-0.1, -0.05) is 31.0 Å². The van der Waals surface area contributed by atoms with Gasteiger partial charge in [-0.25, -0.2) is 0 Å². The van der Waals surface area contributed by atoms with Crippen LogP contribution in [0.2, 0.25) is 19.6 Å². The van der Waals surface area contributed by atoms with Gasteiger partial charge in [-0.15, -0.1) is 0 Å². The van der Waals surface area contributed by atoms with Crippen LogP contribution in [0.1, 0.15) is 5.69 Å². The molecule has 0 bridgehead atoms. The zero-order chi connectivity index (χ0) is 8.48. The Labute approximate surface area is 96.9 Å². The van der Waals surface area contributed by atoms with Crippen LogP contribution in [-0.4, -0.2) is 8.07 Å². The highest BCUT2D eigenvalue weighted by Crippen LogP contribution is 2.03. The lowest BCUT2D eigenvalue weighted by Crippen LogP contribution is -3.00. The molecule has 1 rings (SSSR count). The van der Waals surface area contributed by atoms with Gasteiger partial charge in [0.2, 0.25) is 5.51 Å². The van der Waals surface area contributed by atoms with Crippen LogP contribution in [-0.2, 0) is 6.17 Å². The van der Waals surface area contributed by atoms with Crippen LogP contribution < -0.4 is 28.5 Å². The van der Waals surface area contributed by atoms with E-state index in [9.17, 15) is 0 Å². The Morgan fingerprint density at radius 3 is 2.33 bits per heavy atom. The number of nitrogens with zero attached hydrogens (tertiary/aromatic N) is 1. The van der Waals surface area contributed by atoms with Gasteiger partial charge in [0.1, 0.15) is 14.2 Å². The highest BCUT2D eigenvalue weighted by Gasteiger charge is 2.21. The van der Waals surface area contributed by atoms with Gasteiger partial charge in [-0.05, 0) is 0 Å². The van der Waals surface area contributed by atoms with Crippen LogP contribution in [0.5, 0.6) is 0 Å². The van der Waals surface area contributed by atoms with Crippen LogP contribution in [0, 0.1) is 6.92 Å². The normalized spacial score (nSPS) is 11.0. The molecule has 0 saturated heterocycles. The van der Waals surface area contributed by atoms with E-state index < -0.39 is 8.07 Å². The summed E-state index contributed by atoms with van der Waals surface area (Å²) < 4.78 is 2.37. The SMILES string of the molecule is Cc1csc[n+]1C[Si](C)(C)C.[I-]. The molecule has 0 amide bonds. The molecule has 0 aliphatic carbocycles. The molecule has 1 aromatic heterocycles. The molecule has 1 nitrogen and oxygen atoms in total. The average molecular weight is 313 g/mol. The maximum Gasteiger partial charge on any atom is 0.224 e. The number of hydrogen-bond donors (Lipinski definition) is 0. The topological polar surface area (TPSA) is 3.88 Å². The van der Waals surface area contributed by atoms with Gasteiger partial charge < -0.3 is 24.0 Å². The maximum absolute atomic E-state index is 2.40. The summed E-state index contributed by atoms with van der Waals surface area (Å²) >= 11 is 1.79. The van der Waals surface area contributed by atoms with E-state index in [0.717, 1.165) is 0 Å². The van der Waals surface area contributed by atoms with Crippen molar-refractivity contribution >= 4 is 19.4 Å². The van der Waals surface area contributed by atoms with Crippen molar-refractivity contribution in [2.75, 3.05) is 0 Å². The van der Waals surface area contributed by atoms with Gasteiger partial charge >= 0.3 is 0 Å². The lowest BCUT2D eigenvalue weighted by atomic mass is 10.6. The van der Waals surface area contributed by atoms with E-state index in [0.29, 0.717) is 0 Å². The van der Waals surface area contributed by atoms with E-state index in [1.54, 1.807) is 11.3 Å². The van der Waals surface area contributed by atoms with Gasteiger partial charge in [0.05, 0.1) is 5.38 Å². The first-order valence-electron chi connectivity index (χ1n) is 3.91. The maximum atomic E-state index is 2.40. The lowest BCUT2D eigenvalue weighted by Gasteiger charge is -2.09. The Hall–Kier alpha value is 0.577. The van der Waals surface area contributed by atoms with Crippen molar-refractivity contribution < 1.29 is 28.5 Å². The Balaban J connectivity index is 0.00000121. The van der Waals surface area contributed by atoms with Gasteiger partial charge in [-0.3, -0.25) is 0 Å². The van der Waals surface area contributed by atoms with E-state index in [2.05, 4.69) is 42.0 Å². The Kier molecular flexibility index (Phi) is 4.94. The molecule has 1 aromatic rings. The van der Waals surface area contributed by atoms with E-state index in [-0.39, 0.29) is 24.0 Å². The van der Waals surface area contributed by atoms with E-state index in [4.69, 9.17) is 0 Å². The summed E-state index contributed by atoms with van der Waals surface area (Å²) in [4.78, 5) is 0. The minimum Gasteiger partial charge on any atom is -1.00 e. The molecular formula is C8H16INSSi. The van der Waals surface area contributed by atoms with Gasteiger partial charge in [0.15, 0.2) is 5.69 Å². The standard InChI is InChI=1S/C8H16NSSi.HI/c1-8-5-10-6-9(8)7-11(2,3)4;/h5-6H,7H2,1-4H3;1H/q+1;/p-1. The molecule has 0 aliphatic rings. The second-order valence-electron chi connectivity index (χ2n) is 4.19. The summed E-state index contributed by atoms with van der Waals surface area (Å²) in [6.07, 6.45) is 1.25. The highest BCUT2D eigenvalue weighted by molar-refractivity contribution is 7.07. The monoisotopic (exact) mass is 313 g/mol. The van der Waals surface area contributed by atoms with E-state index >= 15 is 0 Å². The number of rotatable bonds is 2. The predicted octanol–water partition coefficient (Wildman–Crippen LogP) is -0.775. The molecule has 0 N–H and O–H groups in total. The molecule has 0 spiro atoms. The zero-order valence-corrected chi connectivity index (χ0v) is 12.1. The first-order chi connectivity index (χ1) is 4.99. The molecule has 0 saturated carbocycles. The predicted molar refractivity (Wildman–Crippen MR) is 52.6 cm³/mol. The van der Waals surface area contributed by atoms with Crippen LogP contribution in [0.4, 0.5) is 0 Å². The summed E-state index contributed by atoms with van der Waals surface area (Å²) in [6.45, 7) is 9.38. The van der Waals surface area contributed by atoms with Crippen molar-refractivity contribution in [1.82, 2.24) is 0 Å². The first kappa shape index (κ1) is 12.6. The number of thiazole rings is 1. The van der Waals surface area contributed by atoms with E-state index in [1.165, 1.54) is 11.9 Å². The van der Waals surface area contributed by atoms with Gasteiger partial charge in [0.25, 0.3) is 0 Å². The third-order valence-corrected chi connectivity index (χ3v) is 3.67. The van der Waals surface area contributed by atoms with Crippen molar-refractivity contribution in [3.63, 3.8) is 0 Å². The van der Waals surface area contributed by atoms with Gasteiger partial charge in [-0.2, -0.15) is 4.57 Å². The Morgan fingerprint density at radius 1 is 1.42 bits per heavy atom. The molecule has 0 unspecified atom stereocenters. The van der Waals surface area contributed by atoms with Crippen molar-refractivity contribution in [1.29, 1.82) is 0 Å². The molecular weight excluding hydrogens is 297 g/mol. The fourth-order valence-corrected chi connectivity index (χ4v) is 3.30. The fourth-order valence-electron chi connectivity index (χ4n) is 1.03. The average Bonchev–Trinajstić information content (AvgIpc) is 2.12. The zero-order valence-electron chi connectivity index (χ0n) is 8.10. The van der Waals surface area contributed by atoms with Crippen LogP contribution >= 0.6 is 11.3 Å².